The second-order valence-corrected chi connectivity index (χ2v) is 4.97. The average Bonchev–Trinajstić information content (AvgIpc) is 2.58. The molecule has 1 atom stereocenters. The fraction of sp³-hybridized carbons (Fsp3) is 0.235. The van der Waals surface area contributed by atoms with Gasteiger partial charge in [0.2, 0.25) is 0 Å². The highest BCUT2D eigenvalue weighted by Crippen LogP contribution is 2.18. The zero-order valence-corrected chi connectivity index (χ0v) is 12.9. The third-order valence-corrected chi connectivity index (χ3v) is 3.32. The Morgan fingerprint density at radius 3 is 2.83 bits per heavy atom. The van der Waals surface area contributed by atoms with Crippen molar-refractivity contribution in [2.24, 2.45) is 10.7 Å². The maximum atomic E-state index is 13.1. The van der Waals surface area contributed by atoms with Crippen molar-refractivity contribution in [3.63, 3.8) is 0 Å². The minimum Gasteiger partial charge on any atom is -0.496 e. The molecule has 6 heteroatoms. The van der Waals surface area contributed by atoms with Crippen LogP contribution in [0.4, 0.5) is 4.39 Å². The minimum absolute atomic E-state index is 0.144. The summed E-state index contributed by atoms with van der Waals surface area (Å²) in [5.74, 6) is 0.551. The first kappa shape index (κ1) is 16.8. The van der Waals surface area contributed by atoms with E-state index in [0.717, 1.165) is 11.3 Å². The largest absolute Gasteiger partial charge is 0.496 e. The summed E-state index contributed by atoms with van der Waals surface area (Å²) in [5, 5.41) is 12.8. The van der Waals surface area contributed by atoms with Gasteiger partial charge in [-0.3, -0.25) is 0 Å². The van der Waals surface area contributed by atoms with Crippen LogP contribution in [-0.2, 0) is 6.54 Å². The van der Waals surface area contributed by atoms with Crippen molar-refractivity contribution < 1.29 is 14.2 Å². The van der Waals surface area contributed by atoms with Gasteiger partial charge in [0, 0.05) is 12.1 Å². The van der Waals surface area contributed by atoms with Gasteiger partial charge in [0.05, 0.1) is 19.8 Å². The number of halogens is 1. The van der Waals surface area contributed by atoms with Gasteiger partial charge in [-0.25, -0.2) is 9.38 Å². The van der Waals surface area contributed by atoms with Crippen LogP contribution in [0.15, 0.2) is 53.5 Å². The monoisotopic (exact) mass is 317 g/mol. The van der Waals surface area contributed by atoms with Gasteiger partial charge in [0.15, 0.2) is 5.96 Å². The van der Waals surface area contributed by atoms with Crippen LogP contribution < -0.4 is 15.8 Å². The van der Waals surface area contributed by atoms with Gasteiger partial charge in [-0.05, 0) is 23.8 Å². The molecule has 0 aliphatic rings. The number of nitrogens with one attached hydrogen (secondary N) is 1. The smallest absolute Gasteiger partial charge is 0.189 e. The fourth-order valence-electron chi connectivity index (χ4n) is 2.09. The molecule has 2 aromatic rings. The summed E-state index contributed by atoms with van der Waals surface area (Å²) in [6, 6.07) is 13.3. The fourth-order valence-corrected chi connectivity index (χ4v) is 2.09. The number of rotatable bonds is 6. The molecular formula is C17H20FN3O2. The first-order valence-electron chi connectivity index (χ1n) is 7.19. The van der Waals surface area contributed by atoms with Gasteiger partial charge in [0.1, 0.15) is 11.6 Å². The molecule has 0 aliphatic heterocycles. The first-order valence-corrected chi connectivity index (χ1v) is 7.19. The van der Waals surface area contributed by atoms with Crippen LogP contribution in [0.25, 0.3) is 0 Å². The number of ether oxygens (including phenoxy) is 1. The number of benzene rings is 2. The van der Waals surface area contributed by atoms with E-state index in [2.05, 4.69) is 10.3 Å². The van der Waals surface area contributed by atoms with E-state index in [-0.39, 0.29) is 18.3 Å². The van der Waals surface area contributed by atoms with Crippen molar-refractivity contribution in [2.45, 2.75) is 12.6 Å². The van der Waals surface area contributed by atoms with E-state index >= 15 is 0 Å². The van der Waals surface area contributed by atoms with Crippen LogP contribution in [0.2, 0.25) is 0 Å². The molecule has 0 amide bonds. The number of aliphatic hydroxyl groups excluding tert-OH is 1. The molecule has 0 spiro atoms. The lowest BCUT2D eigenvalue weighted by molar-refractivity contribution is 0.180. The van der Waals surface area contributed by atoms with Gasteiger partial charge < -0.3 is 20.9 Å². The standard InChI is InChI=1S/C17H20FN3O2/c1-23-16-8-3-2-5-13(16)10-20-17(19)21-11-15(22)12-6-4-7-14(18)9-12/h2-9,15,22H,10-11H2,1H3,(H3,19,20,21)/t15-/m1/s1. The molecule has 0 radical (unpaired) electrons. The van der Waals surface area contributed by atoms with Crippen molar-refractivity contribution in [3.05, 3.63) is 65.5 Å². The van der Waals surface area contributed by atoms with E-state index in [4.69, 9.17) is 10.5 Å². The number of guanidine groups is 1. The van der Waals surface area contributed by atoms with Crippen molar-refractivity contribution in [2.75, 3.05) is 13.7 Å². The Kier molecular flexibility index (Phi) is 5.94. The van der Waals surface area contributed by atoms with E-state index in [1.54, 1.807) is 19.2 Å². The number of para-hydroxylation sites is 1. The number of hydrogen-bond donors (Lipinski definition) is 3. The lowest BCUT2D eigenvalue weighted by Gasteiger charge is -2.13. The summed E-state index contributed by atoms with van der Waals surface area (Å²) < 4.78 is 18.4. The zero-order valence-electron chi connectivity index (χ0n) is 12.9. The van der Waals surface area contributed by atoms with E-state index in [1.165, 1.54) is 12.1 Å². The Morgan fingerprint density at radius 1 is 1.30 bits per heavy atom. The molecule has 0 fully saturated rings. The Hall–Kier alpha value is -2.60. The Bertz CT molecular complexity index is 676. The molecule has 0 unspecified atom stereocenters. The Morgan fingerprint density at radius 2 is 2.09 bits per heavy atom. The number of aliphatic imine (C=N–C) groups is 1. The van der Waals surface area contributed by atoms with E-state index in [9.17, 15) is 9.50 Å². The number of nitrogens with two attached hydrogens (primary N) is 1. The van der Waals surface area contributed by atoms with E-state index < -0.39 is 6.10 Å². The minimum atomic E-state index is -0.870. The molecule has 0 saturated carbocycles. The summed E-state index contributed by atoms with van der Waals surface area (Å²) in [6.07, 6.45) is -0.870. The molecule has 5 nitrogen and oxygen atoms in total. The molecule has 2 rings (SSSR count). The predicted octanol–water partition coefficient (Wildman–Crippen LogP) is 1.97. The molecule has 0 aliphatic carbocycles. The Labute approximate surface area is 134 Å². The second-order valence-electron chi connectivity index (χ2n) is 4.97. The van der Waals surface area contributed by atoms with Crippen molar-refractivity contribution in [3.8, 4) is 5.75 Å². The topological polar surface area (TPSA) is 79.9 Å². The zero-order chi connectivity index (χ0) is 16.7. The number of nitrogens with zero attached hydrogens (tertiary/aromatic N) is 1. The SMILES string of the molecule is COc1ccccc1CN=C(N)NC[C@@H](O)c1cccc(F)c1. The van der Waals surface area contributed by atoms with Crippen LogP contribution in [0.3, 0.4) is 0 Å². The number of aliphatic hydroxyl groups is 1. The molecular weight excluding hydrogens is 297 g/mol. The maximum absolute atomic E-state index is 13.1. The normalized spacial score (nSPS) is 12.7. The van der Waals surface area contributed by atoms with Crippen molar-refractivity contribution in [1.82, 2.24) is 5.32 Å². The summed E-state index contributed by atoms with van der Waals surface area (Å²) in [4.78, 5) is 4.20. The van der Waals surface area contributed by atoms with E-state index in [1.807, 2.05) is 24.3 Å². The molecule has 0 bridgehead atoms. The van der Waals surface area contributed by atoms with Gasteiger partial charge in [0.25, 0.3) is 0 Å². The van der Waals surface area contributed by atoms with Gasteiger partial charge >= 0.3 is 0 Å². The summed E-state index contributed by atoms with van der Waals surface area (Å²) in [5.41, 5.74) is 7.17. The van der Waals surface area contributed by atoms with Gasteiger partial charge in [-0.1, -0.05) is 30.3 Å². The van der Waals surface area contributed by atoms with Crippen LogP contribution in [0.5, 0.6) is 5.75 Å². The molecule has 0 aromatic heterocycles. The molecule has 0 saturated heterocycles. The quantitative estimate of drug-likeness (QED) is 0.562. The highest BCUT2D eigenvalue weighted by molar-refractivity contribution is 5.77. The van der Waals surface area contributed by atoms with Crippen LogP contribution in [0, 0.1) is 5.82 Å². The lowest BCUT2D eigenvalue weighted by atomic mass is 10.1. The summed E-state index contributed by atoms with van der Waals surface area (Å²) >= 11 is 0. The lowest BCUT2D eigenvalue weighted by Crippen LogP contribution is -2.34. The highest BCUT2D eigenvalue weighted by atomic mass is 19.1. The third-order valence-electron chi connectivity index (χ3n) is 3.32. The molecule has 4 N–H and O–H groups in total. The summed E-state index contributed by atoms with van der Waals surface area (Å²) in [6.45, 7) is 0.504. The van der Waals surface area contributed by atoms with Crippen LogP contribution >= 0.6 is 0 Å². The molecule has 23 heavy (non-hydrogen) atoms. The highest BCUT2D eigenvalue weighted by Gasteiger charge is 2.08. The van der Waals surface area contributed by atoms with Crippen LogP contribution in [0.1, 0.15) is 17.2 Å². The third kappa shape index (κ3) is 4.96. The predicted molar refractivity (Wildman–Crippen MR) is 87.7 cm³/mol. The Balaban J connectivity index is 1.90. The first-order chi connectivity index (χ1) is 11.1. The van der Waals surface area contributed by atoms with Crippen LogP contribution in [-0.4, -0.2) is 24.7 Å². The molecule has 0 heterocycles. The number of methoxy groups -OCH3 is 1. The van der Waals surface area contributed by atoms with Gasteiger partial charge in [-0.15, -0.1) is 0 Å². The summed E-state index contributed by atoms with van der Waals surface area (Å²) in [7, 11) is 1.60. The average molecular weight is 317 g/mol. The molecule has 2 aromatic carbocycles. The number of hydrogen-bond acceptors (Lipinski definition) is 3. The maximum Gasteiger partial charge on any atom is 0.189 e. The second kappa shape index (κ2) is 8.14. The van der Waals surface area contributed by atoms with Gasteiger partial charge in [-0.2, -0.15) is 0 Å². The molecule has 122 valence electrons. The van der Waals surface area contributed by atoms with Crippen molar-refractivity contribution in [1.29, 1.82) is 0 Å². The van der Waals surface area contributed by atoms with Crippen molar-refractivity contribution >= 4 is 5.96 Å². The van der Waals surface area contributed by atoms with E-state index in [0.29, 0.717) is 12.1 Å².